The normalized spacial score (nSPS) is 11.4. The molecule has 3 aromatic rings. The number of amides is 2. The summed E-state index contributed by atoms with van der Waals surface area (Å²) >= 11 is 0. The maximum atomic E-state index is 12.7. The predicted molar refractivity (Wildman–Crippen MR) is 106 cm³/mol. The molecule has 1 atom stereocenters. The van der Waals surface area contributed by atoms with Crippen LogP contribution in [0.1, 0.15) is 33.0 Å². The van der Waals surface area contributed by atoms with E-state index >= 15 is 0 Å². The van der Waals surface area contributed by atoms with Gasteiger partial charge in [0.05, 0.1) is 11.6 Å². The Balaban J connectivity index is 1.96. The van der Waals surface area contributed by atoms with Gasteiger partial charge in [-0.15, -0.1) is 0 Å². The quantitative estimate of drug-likeness (QED) is 0.699. The van der Waals surface area contributed by atoms with E-state index in [2.05, 4.69) is 5.32 Å². The van der Waals surface area contributed by atoms with Crippen LogP contribution < -0.4 is 11.1 Å². The molecule has 5 heteroatoms. The summed E-state index contributed by atoms with van der Waals surface area (Å²) in [5.74, 6) is -1.48. The summed E-state index contributed by atoms with van der Waals surface area (Å²) in [7, 11) is 0. The van der Waals surface area contributed by atoms with Gasteiger partial charge in [-0.05, 0) is 35.4 Å². The molecule has 0 aliphatic carbocycles. The number of hydrogen-bond donors (Lipinski definition) is 2. The van der Waals surface area contributed by atoms with E-state index in [1.807, 2.05) is 66.7 Å². The van der Waals surface area contributed by atoms with Gasteiger partial charge in [0, 0.05) is 11.5 Å². The van der Waals surface area contributed by atoms with E-state index in [1.165, 1.54) is 0 Å². The molecule has 5 nitrogen and oxygen atoms in total. The molecule has 0 heterocycles. The van der Waals surface area contributed by atoms with Crippen LogP contribution in [-0.4, -0.2) is 17.9 Å². The van der Waals surface area contributed by atoms with Gasteiger partial charge in [0.15, 0.2) is 0 Å². The van der Waals surface area contributed by atoms with Crippen LogP contribution in [0.3, 0.4) is 0 Å². The first kappa shape index (κ1) is 18.9. The van der Waals surface area contributed by atoms with Crippen LogP contribution in [0.25, 0.3) is 0 Å². The first-order valence-electron chi connectivity index (χ1n) is 8.80. The second-order valence-corrected chi connectivity index (χ2v) is 6.34. The fraction of sp³-hybridized carbons (Fsp3) is 0.0870. The Labute approximate surface area is 163 Å². The molecular weight excluding hydrogens is 350 g/mol. The Morgan fingerprint density at radius 2 is 1.32 bits per heavy atom. The van der Waals surface area contributed by atoms with Crippen molar-refractivity contribution in [3.8, 4) is 6.07 Å². The Morgan fingerprint density at radius 1 is 0.821 bits per heavy atom. The van der Waals surface area contributed by atoms with E-state index in [0.717, 1.165) is 11.1 Å². The number of nitrogens with zero attached hydrogens (tertiary/aromatic N) is 1. The van der Waals surface area contributed by atoms with Crippen molar-refractivity contribution in [3.05, 3.63) is 107 Å². The van der Waals surface area contributed by atoms with Crippen molar-refractivity contribution in [2.45, 2.75) is 12.0 Å². The summed E-state index contributed by atoms with van der Waals surface area (Å²) in [6.45, 7) is 0. The molecule has 0 saturated carbocycles. The van der Waals surface area contributed by atoms with Gasteiger partial charge in [0.25, 0.3) is 5.91 Å². The minimum absolute atomic E-state index is 0.352. The Kier molecular flexibility index (Phi) is 5.83. The Hall–Kier alpha value is -3.91. The van der Waals surface area contributed by atoms with Crippen molar-refractivity contribution in [3.63, 3.8) is 0 Å². The molecule has 0 aromatic heterocycles. The summed E-state index contributed by atoms with van der Waals surface area (Å²) in [4.78, 5) is 25.0. The molecule has 28 heavy (non-hydrogen) atoms. The zero-order chi connectivity index (χ0) is 19.9. The summed E-state index contributed by atoms with van der Waals surface area (Å²) < 4.78 is 0. The SMILES string of the molecule is N#Cc1ccc(C(=O)N[C@@H](C(N)=O)C(c2ccccc2)c2ccccc2)cc1. The first-order valence-corrected chi connectivity index (χ1v) is 8.80. The van der Waals surface area contributed by atoms with E-state index in [0.29, 0.717) is 11.1 Å². The summed E-state index contributed by atoms with van der Waals surface area (Å²) in [6, 6.07) is 26.2. The summed E-state index contributed by atoms with van der Waals surface area (Å²) in [5.41, 5.74) is 8.24. The van der Waals surface area contributed by atoms with Gasteiger partial charge in [-0.25, -0.2) is 0 Å². The van der Waals surface area contributed by atoms with Gasteiger partial charge in [0.1, 0.15) is 6.04 Å². The number of nitrogens with two attached hydrogens (primary N) is 1. The monoisotopic (exact) mass is 369 g/mol. The molecular formula is C23H19N3O2. The molecule has 0 aliphatic heterocycles. The molecule has 0 fully saturated rings. The van der Waals surface area contributed by atoms with Crippen molar-refractivity contribution < 1.29 is 9.59 Å². The van der Waals surface area contributed by atoms with Gasteiger partial charge in [-0.1, -0.05) is 60.7 Å². The van der Waals surface area contributed by atoms with Crippen LogP contribution in [0.4, 0.5) is 0 Å². The third kappa shape index (κ3) is 4.25. The lowest BCUT2D eigenvalue weighted by Crippen LogP contribution is -2.48. The van der Waals surface area contributed by atoms with Crippen molar-refractivity contribution in [2.24, 2.45) is 5.73 Å². The topological polar surface area (TPSA) is 96.0 Å². The molecule has 3 aromatic carbocycles. The average Bonchev–Trinajstić information content (AvgIpc) is 2.74. The highest BCUT2D eigenvalue weighted by Gasteiger charge is 2.31. The lowest BCUT2D eigenvalue weighted by Gasteiger charge is -2.27. The van der Waals surface area contributed by atoms with Crippen LogP contribution in [0, 0.1) is 11.3 Å². The van der Waals surface area contributed by atoms with Gasteiger partial charge < -0.3 is 11.1 Å². The first-order chi connectivity index (χ1) is 13.6. The van der Waals surface area contributed by atoms with Gasteiger partial charge in [-0.2, -0.15) is 5.26 Å². The maximum absolute atomic E-state index is 12.7. The molecule has 0 radical (unpaired) electrons. The second-order valence-electron chi connectivity index (χ2n) is 6.34. The van der Waals surface area contributed by atoms with Crippen LogP contribution in [-0.2, 0) is 4.79 Å². The molecule has 2 amide bonds. The minimum atomic E-state index is -0.937. The second kappa shape index (κ2) is 8.65. The van der Waals surface area contributed by atoms with Crippen LogP contribution in [0.15, 0.2) is 84.9 Å². The van der Waals surface area contributed by atoms with E-state index < -0.39 is 23.8 Å². The number of primary amides is 1. The summed E-state index contributed by atoms with van der Waals surface area (Å²) in [6.07, 6.45) is 0. The molecule has 0 aliphatic rings. The van der Waals surface area contributed by atoms with Gasteiger partial charge in [0.2, 0.25) is 5.91 Å². The zero-order valence-electron chi connectivity index (χ0n) is 15.1. The molecule has 3 rings (SSSR count). The van der Waals surface area contributed by atoms with Crippen molar-refractivity contribution in [2.75, 3.05) is 0 Å². The fourth-order valence-electron chi connectivity index (χ4n) is 3.14. The number of carbonyl (C=O) groups excluding carboxylic acids is 2. The van der Waals surface area contributed by atoms with Gasteiger partial charge in [-0.3, -0.25) is 9.59 Å². The Bertz CT molecular complexity index is 954. The van der Waals surface area contributed by atoms with Crippen LogP contribution in [0.5, 0.6) is 0 Å². The molecule has 0 spiro atoms. The van der Waals surface area contributed by atoms with E-state index in [-0.39, 0.29) is 0 Å². The van der Waals surface area contributed by atoms with Crippen molar-refractivity contribution >= 4 is 11.8 Å². The number of nitriles is 1. The average molecular weight is 369 g/mol. The van der Waals surface area contributed by atoms with E-state index in [1.54, 1.807) is 24.3 Å². The molecule has 0 bridgehead atoms. The third-order valence-electron chi connectivity index (χ3n) is 4.52. The smallest absolute Gasteiger partial charge is 0.251 e. The van der Waals surface area contributed by atoms with Crippen LogP contribution >= 0.6 is 0 Å². The lowest BCUT2D eigenvalue weighted by atomic mass is 9.84. The number of rotatable bonds is 6. The zero-order valence-corrected chi connectivity index (χ0v) is 15.1. The number of carbonyl (C=O) groups is 2. The fourth-order valence-corrected chi connectivity index (χ4v) is 3.14. The number of benzene rings is 3. The Morgan fingerprint density at radius 3 is 1.75 bits per heavy atom. The number of hydrogen-bond acceptors (Lipinski definition) is 3. The molecule has 138 valence electrons. The van der Waals surface area contributed by atoms with E-state index in [4.69, 9.17) is 11.0 Å². The van der Waals surface area contributed by atoms with E-state index in [9.17, 15) is 9.59 Å². The highest BCUT2D eigenvalue weighted by atomic mass is 16.2. The summed E-state index contributed by atoms with van der Waals surface area (Å²) in [5, 5.41) is 11.7. The molecule has 0 unspecified atom stereocenters. The standard InChI is InChI=1S/C23H19N3O2/c24-15-16-11-13-19(14-12-16)23(28)26-21(22(25)27)20(17-7-3-1-4-8-17)18-9-5-2-6-10-18/h1-14,20-21H,(H2,25,27)(H,26,28)/t21-/m1/s1. The van der Waals surface area contributed by atoms with Crippen molar-refractivity contribution in [1.29, 1.82) is 5.26 Å². The number of nitrogens with one attached hydrogen (secondary N) is 1. The minimum Gasteiger partial charge on any atom is -0.368 e. The molecule has 3 N–H and O–H groups in total. The largest absolute Gasteiger partial charge is 0.368 e. The molecule has 0 saturated heterocycles. The predicted octanol–water partition coefficient (Wildman–Crippen LogP) is 2.97. The van der Waals surface area contributed by atoms with Gasteiger partial charge >= 0.3 is 0 Å². The van der Waals surface area contributed by atoms with Crippen LogP contribution in [0.2, 0.25) is 0 Å². The highest BCUT2D eigenvalue weighted by molar-refractivity contribution is 5.97. The highest BCUT2D eigenvalue weighted by Crippen LogP contribution is 2.28. The van der Waals surface area contributed by atoms with Crippen molar-refractivity contribution in [1.82, 2.24) is 5.32 Å². The lowest BCUT2D eigenvalue weighted by molar-refractivity contribution is -0.120. The maximum Gasteiger partial charge on any atom is 0.251 e. The third-order valence-corrected chi connectivity index (χ3v) is 4.52.